The summed E-state index contributed by atoms with van der Waals surface area (Å²) >= 11 is 1.79. The highest BCUT2D eigenvalue weighted by atomic mass is 32.2. The highest BCUT2D eigenvalue weighted by Crippen LogP contribution is 2.24. The van der Waals surface area contributed by atoms with Gasteiger partial charge in [0.05, 0.1) is 0 Å². The van der Waals surface area contributed by atoms with Gasteiger partial charge in [-0.3, -0.25) is 4.79 Å². The Morgan fingerprint density at radius 3 is 1.93 bits per heavy atom. The number of allylic oxidation sites excluding steroid dienone is 1. The van der Waals surface area contributed by atoms with Crippen molar-refractivity contribution in [3.8, 4) is 0 Å². The van der Waals surface area contributed by atoms with E-state index in [2.05, 4.69) is 39.8 Å². The first kappa shape index (κ1) is 22.5. The zero-order valence-electron chi connectivity index (χ0n) is 17.9. The number of carbonyl (C=O) groups is 1. The second-order valence-corrected chi connectivity index (χ2v) is 8.56. The molecule has 0 saturated heterocycles. The smallest absolute Gasteiger partial charge is 0.185 e. The summed E-state index contributed by atoms with van der Waals surface area (Å²) < 4.78 is 0. The Bertz CT molecular complexity index is 760. The molecule has 0 fully saturated rings. The summed E-state index contributed by atoms with van der Waals surface area (Å²) in [6.45, 7) is 8.86. The third-order valence-corrected chi connectivity index (χ3v) is 5.77. The SMILES string of the molecule is CCCc1cc(/C=C/C(=O)c2ccc(SCC)cc2)cc(CCC)c1CCC. The number of carbonyl (C=O) groups excluding carboxylic acids is 1. The largest absolute Gasteiger partial charge is 0.289 e. The summed E-state index contributed by atoms with van der Waals surface area (Å²) in [7, 11) is 0. The van der Waals surface area contributed by atoms with Crippen LogP contribution in [-0.4, -0.2) is 11.5 Å². The van der Waals surface area contributed by atoms with Crippen LogP contribution in [0.2, 0.25) is 0 Å². The van der Waals surface area contributed by atoms with Crippen LogP contribution in [0.1, 0.15) is 79.6 Å². The summed E-state index contributed by atoms with van der Waals surface area (Å²) in [4.78, 5) is 13.8. The molecule has 150 valence electrons. The van der Waals surface area contributed by atoms with Crippen molar-refractivity contribution >= 4 is 23.6 Å². The maximum absolute atomic E-state index is 12.6. The van der Waals surface area contributed by atoms with E-state index >= 15 is 0 Å². The predicted octanol–water partition coefficient (Wildman–Crippen LogP) is 7.55. The first-order valence-electron chi connectivity index (χ1n) is 10.7. The Morgan fingerprint density at radius 1 is 0.857 bits per heavy atom. The van der Waals surface area contributed by atoms with E-state index in [0.29, 0.717) is 0 Å². The van der Waals surface area contributed by atoms with Gasteiger partial charge in [-0.1, -0.05) is 65.2 Å². The van der Waals surface area contributed by atoms with Gasteiger partial charge in [-0.15, -0.1) is 11.8 Å². The third-order valence-electron chi connectivity index (χ3n) is 4.87. The molecule has 2 aromatic rings. The average molecular weight is 395 g/mol. The molecule has 28 heavy (non-hydrogen) atoms. The van der Waals surface area contributed by atoms with Crippen LogP contribution in [-0.2, 0) is 19.3 Å². The van der Waals surface area contributed by atoms with Gasteiger partial charge in [0.15, 0.2) is 5.78 Å². The van der Waals surface area contributed by atoms with E-state index in [-0.39, 0.29) is 5.78 Å². The molecule has 0 heterocycles. The molecule has 2 rings (SSSR count). The lowest BCUT2D eigenvalue weighted by molar-refractivity contribution is 0.104. The maximum Gasteiger partial charge on any atom is 0.185 e. The second-order valence-electron chi connectivity index (χ2n) is 7.22. The van der Waals surface area contributed by atoms with Crippen molar-refractivity contribution in [2.24, 2.45) is 0 Å². The fourth-order valence-corrected chi connectivity index (χ4v) is 4.29. The Morgan fingerprint density at radius 2 is 1.43 bits per heavy atom. The molecule has 0 amide bonds. The molecule has 0 aliphatic carbocycles. The molecule has 0 aromatic heterocycles. The van der Waals surface area contributed by atoms with Crippen LogP contribution in [0.4, 0.5) is 0 Å². The minimum atomic E-state index is 0.0692. The highest BCUT2D eigenvalue weighted by molar-refractivity contribution is 7.99. The topological polar surface area (TPSA) is 17.1 Å². The van der Waals surface area contributed by atoms with Crippen molar-refractivity contribution in [1.82, 2.24) is 0 Å². The van der Waals surface area contributed by atoms with Crippen molar-refractivity contribution in [3.63, 3.8) is 0 Å². The first-order chi connectivity index (χ1) is 13.6. The number of rotatable bonds is 11. The fourth-order valence-electron chi connectivity index (χ4n) is 3.63. The lowest BCUT2D eigenvalue weighted by atomic mass is 9.90. The number of aryl methyl sites for hydroxylation is 2. The van der Waals surface area contributed by atoms with E-state index in [4.69, 9.17) is 0 Å². The molecule has 0 atom stereocenters. The Hall–Kier alpha value is -1.80. The zero-order valence-corrected chi connectivity index (χ0v) is 18.7. The molecule has 0 aliphatic heterocycles. The lowest BCUT2D eigenvalue weighted by Gasteiger charge is -2.15. The van der Waals surface area contributed by atoms with Gasteiger partial charge in [0.25, 0.3) is 0 Å². The molecule has 0 radical (unpaired) electrons. The second kappa shape index (κ2) is 11.9. The van der Waals surface area contributed by atoms with Crippen LogP contribution in [0, 0.1) is 0 Å². The molecule has 1 nitrogen and oxygen atoms in total. The van der Waals surface area contributed by atoms with E-state index in [1.807, 2.05) is 30.3 Å². The molecule has 0 unspecified atom stereocenters. The quantitative estimate of drug-likeness (QED) is 0.222. The van der Waals surface area contributed by atoms with Crippen molar-refractivity contribution in [3.05, 3.63) is 70.3 Å². The summed E-state index contributed by atoms with van der Waals surface area (Å²) in [5.74, 6) is 1.11. The van der Waals surface area contributed by atoms with E-state index in [9.17, 15) is 4.79 Å². The normalized spacial score (nSPS) is 11.3. The minimum absolute atomic E-state index is 0.0692. The monoisotopic (exact) mass is 394 g/mol. The molecule has 0 saturated carbocycles. The number of hydrogen-bond donors (Lipinski definition) is 0. The lowest BCUT2D eigenvalue weighted by Crippen LogP contribution is -2.02. The number of thioether (sulfide) groups is 1. The Labute approximate surface area is 175 Å². The van der Waals surface area contributed by atoms with Gasteiger partial charge in [-0.25, -0.2) is 0 Å². The number of benzene rings is 2. The number of ketones is 1. The van der Waals surface area contributed by atoms with Crippen LogP contribution >= 0.6 is 11.8 Å². The standard InChI is InChI=1S/C26H34OS/c1-5-9-22-18-20(19-23(10-6-2)25(22)11-7-3)12-17-26(27)21-13-15-24(16-14-21)28-8-4/h12-19H,5-11H2,1-4H3/b17-12+. The molecule has 0 spiro atoms. The molecular weight excluding hydrogens is 360 g/mol. The van der Waals surface area contributed by atoms with E-state index in [1.165, 1.54) is 22.4 Å². The van der Waals surface area contributed by atoms with Crippen LogP contribution in [0.25, 0.3) is 6.08 Å². The van der Waals surface area contributed by atoms with E-state index in [0.717, 1.165) is 49.0 Å². The number of hydrogen-bond acceptors (Lipinski definition) is 2. The van der Waals surface area contributed by atoms with Gasteiger partial charge in [-0.2, -0.15) is 0 Å². The van der Waals surface area contributed by atoms with Gasteiger partial charge < -0.3 is 0 Å². The van der Waals surface area contributed by atoms with Crippen molar-refractivity contribution < 1.29 is 4.79 Å². The first-order valence-corrected chi connectivity index (χ1v) is 11.7. The van der Waals surface area contributed by atoms with Crippen LogP contribution in [0.15, 0.2) is 47.4 Å². The van der Waals surface area contributed by atoms with Crippen LogP contribution in [0.5, 0.6) is 0 Å². The molecular formula is C26H34OS. The van der Waals surface area contributed by atoms with Crippen molar-refractivity contribution in [2.45, 2.75) is 71.1 Å². The third kappa shape index (κ3) is 6.38. The summed E-state index contributed by atoms with van der Waals surface area (Å²) in [6.07, 6.45) is 10.6. The molecule has 0 aliphatic rings. The molecule has 2 heteroatoms. The summed E-state index contributed by atoms with van der Waals surface area (Å²) in [6, 6.07) is 12.5. The Balaban J connectivity index is 2.26. The molecule has 0 bridgehead atoms. The summed E-state index contributed by atoms with van der Waals surface area (Å²) in [5, 5.41) is 0. The maximum atomic E-state index is 12.6. The summed E-state index contributed by atoms with van der Waals surface area (Å²) in [5.41, 5.74) is 6.37. The predicted molar refractivity (Wildman–Crippen MR) is 125 cm³/mol. The van der Waals surface area contributed by atoms with Gasteiger partial charge >= 0.3 is 0 Å². The molecule has 0 N–H and O–H groups in total. The van der Waals surface area contributed by atoms with Gasteiger partial charge in [-0.05, 0) is 77.6 Å². The van der Waals surface area contributed by atoms with E-state index in [1.54, 1.807) is 23.4 Å². The van der Waals surface area contributed by atoms with Crippen molar-refractivity contribution in [2.75, 3.05) is 5.75 Å². The van der Waals surface area contributed by atoms with Crippen molar-refractivity contribution in [1.29, 1.82) is 0 Å². The minimum Gasteiger partial charge on any atom is -0.289 e. The highest BCUT2D eigenvalue weighted by Gasteiger charge is 2.09. The zero-order chi connectivity index (χ0) is 20.4. The van der Waals surface area contributed by atoms with Gasteiger partial charge in [0.1, 0.15) is 0 Å². The van der Waals surface area contributed by atoms with Gasteiger partial charge in [0, 0.05) is 10.5 Å². The van der Waals surface area contributed by atoms with Crippen LogP contribution < -0.4 is 0 Å². The fraction of sp³-hybridized carbons (Fsp3) is 0.423. The van der Waals surface area contributed by atoms with E-state index < -0.39 is 0 Å². The average Bonchev–Trinajstić information content (AvgIpc) is 2.70. The van der Waals surface area contributed by atoms with Gasteiger partial charge in [0.2, 0.25) is 0 Å². The van der Waals surface area contributed by atoms with Crippen LogP contribution in [0.3, 0.4) is 0 Å². The Kier molecular flexibility index (Phi) is 9.57. The molecule has 2 aromatic carbocycles.